The summed E-state index contributed by atoms with van der Waals surface area (Å²) in [6.07, 6.45) is 2.25. The van der Waals surface area contributed by atoms with Gasteiger partial charge in [0, 0.05) is 6.42 Å². The second-order valence-corrected chi connectivity index (χ2v) is 2.42. The molecule has 0 aliphatic rings. The molecule has 0 aromatic heterocycles. The van der Waals surface area contributed by atoms with Crippen molar-refractivity contribution in [3.63, 3.8) is 0 Å². The number of rotatable bonds is 5. The molecule has 3 N–H and O–H groups in total. The average Bonchev–Trinajstić information content (AvgIpc) is 1.87. The number of carbonyl (C=O) groups excluding carboxylic acids is 1. The van der Waals surface area contributed by atoms with Gasteiger partial charge in [0.1, 0.15) is 0 Å². The van der Waals surface area contributed by atoms with Crippen LogP contribution in [0.15, 0.2) is 0 Å². The summed E-state index contributed by atoms with van der Waals surface area (Å²) in [5.74, 6) is -0.289. The van der Waals surface area contributed by atoms with E-state index in [2.05, 4.69) is 0 Å². The Bertz CT molecular complexity index is 104. The number of primary amides is 1. The molecule has 60 valence electrons. The van der Waals surface area contributed by atoms with Crippen LogP contribution >= 0.6 is 0 Å². The molecular weight excluding hydrogens is 130 g/mol. The third kappa shape index (κ3) is 5.56. The van der Waals surface area contributed by atoms with E-state index < -0.39 is 0 Å². The first kappa shape index (κ1) is 9.43. The van der Waals surface area contributed by atoms with Gasteiger partial charge in [-0.2, -0.15) is 0 Å². The summed E-state index contributed by atoms with van der Waals surface area (Å²) in [6.45, 7) is 1.91. The summed E-state index contributed by atoms with van der Waals surface area (Å²) in [7, 11) is 0. The summed E-state index contributed by atoms with van der Waals surface area (Å²) in [5, 5.41) is 9.02. The topological polar surface area (TPSA) is 63.3 Å². The van der Waals surface area contributed by atoms with Crippen LogP contribution in [-0.2, 0) is 4.79 Å². The van der Waals surface area contributed by atoms with Gasteiger partial charge >= 0.3 is 0 Å². The molecule has 0 rings (SSSR count). The van der Waals surface area contributed by atoms with Crippen molar-refractivity contribution in [1.82, 2.24) is 0 Å². The van der Waals surface area contributed by atoms with Crippen molar-refractivity contribution in [3.8, 4) is 0 Å². The highest BCUT2D eigenvalue weighted by molar-refractivity contribution is 5.73. The van der Waals surface area contributed by atoms with Crippen LogP contribution in [0.2, 0.25) is 0 Å². The largest absolute Gasteiger partial charge is 0.393 e. The molecule has 3 heteroatoms. The van der Waals surface area contributed by atoms with Crippen molar-refractivity contribution in [2.45, 2.75) is 38.7 Å². The van der Waals surface area contributed by atoms with Gasteiger partial charge in [-0.3, -0.25) is 4.79 Å². The van der Waals surface area contributed by atoms with Crippen LogP contribution in [0.25, 0.3) is 0 Å². The Labute approximate surface area is 61.2 Å². The standard InChI is InChI=1S/C7H15NO2/c1-2-6(9)4-3-5-7(8)10/h6,9H,2-5H2,1H3,(H2,8,10). The summed E-state index contributed by atoms with van der Waals surface area (Å²) >= 11 is 0. The predicted molar refractivity (Wildman–Crippen MR) is 39.3 cm³/mol. The van der Waals surface area contributed by atoms with E-state index in [4.69, 9.17) is 10.8 Å². The van der Waals surface area contributed by atoms with Crippen molar-refractivity contribution in [1.29, 1.82) is 0 Å². The fourth-order valence-corrected chi connectivity index (χ4v) is 0.716. The Balaban J connectivity index is 3.11. The van der Waals surface area contributed by atoms with E-state index in [0.717, 1.165) is 6.42 Å². The van der Waals surface area contributed by atoms with Crippen molar-refractivity contribution in [2.24, 2.45) is 5.73 Å². The molecule has 0 aromatic rings. The smallest absolute Gasteiger partial charge is 0.217 e. The minimum absolute atomic E-state index is 0.264. The Hall–Kier alpha value is -0.570. The molecule has 0 saturated heterocycles. The van der Waals surface area contributed by atoms with E-state index in [-0.39, 0.29) is 12.0 Å². The highest BCUT2D eigenvalue weighted by atomic mass is 16.3. The van der Waals surface area contributed by atoms with Gasteiger partial charge in [0.15, 0.2) is 0 Å². The molecule has 1 atom stereocenters. The Morgan fingerprint density at radius 1 is 1.70 bits per heavy atom. The van der Waals surface area contributed by atoms with Crippen molar-refractivity contribution < 1.29 is 9.90 Å². The number of aliphatic hydroxyl groups is 1. The van der Waals surface area contributed by atoms with E-state index in [1.54, 1.807) is 0 Å². The number of hydrogen-bond donors (Lipinski definition) is 2. The van der Waals surface area contributed by atoms with Gasteiger partial charge in [-0.1, -0.05) is 6.92 Å². The molecule has 0 saturated carbocycles. The van der Waals surface area contributed by atoms with E-state index >= 15 is 0 Å². The zero-order valence-corrected chi connectivity index (χ0v) is 6.34. The van der Waals surface area contributed by atoms with Gasteiger partial charge in [-0.15, -0.1) is 0 Å². The number of hydrogen-bond acceptors (Lipinski definition) is 2. The minimum atomic E-state index is -0.289. The summed E-state index contributed by atoms with van der Waals surface area (Å²) in [5.41, 5.74) is 4.90. The molecule has 0 aliphatic heterocycles. The van der Waals surface area contributed by atoms with Gasteiger partial charge in [0.2, 0.25) is 5.91 Å². The molecule has 3 nitrogen and oxygen atoms in total. The fourth-order valence-electron chi connectivity index (χ4n) is 0.716. The lowest BCUT2D eigenvalue weighted by Crippen LogP contribution is -2.12. The van der Waals surface area contributed by atoms with Crippen LogP contribution in [-0.4, -0.2) is 17.1 Å². The number of carbonyl (C=O) groups is 1. The van der Waals surface area contributed by atoms with Gasteiger partial charge in [0.05, 0.1) is 6.10 Å². The average molecular weight is 145 g/mol. The fraction of sp³-hybridized carbons (Fsp3) is 0.857. The molecule has 0 aliphatic carbocycles. The maximum Gasteiger partial charge on any atom is 0.217 e. The number of nitrogens with two attached hydrogens (primary N) is 1. The first-order chi connectivity index (χ1) is 4.66. The monoisotopic (exact) mass is 145 g/mol. The molecule has 0 radical (unpaired) electrons. The number of amides is 1. The van der Waals surface area contributed by atoms with E-state index in [1.165, 1.54) is 0 Å². The Kier molecular flexibility index (Phi) is 4.94. The molecule has 0 fully saturated rings. The zero-order chi connectivity index (χ0) is 7.98. The molecule has 10 heavy (non-hydrogen) atoms. The highest BCUT2D eigenvalue weighted by Crippen LogP contribution is 2.02. The third-order valence-corrected chi connectivity index (χ3v) is 1.43. The zero-order valence-electron chi connectivity index (χ0n) is 6.34. The Morgan fingerprint density at radius 3 is 2.70 bits per heavy atom. The first-order valence-corrected chi connectivity index (χ1v) is 3.63. The molecule has 0 spiro atoms. The molecule has 1 unspecified atom stereocenters. The molecule has 1 amide bonds. The van der Waals surface area contributed by atoms with Crippen LogP contribution in [0.5, 0.6) is 0 Å². The van der Waals surface area contributed by atoms with Crippen LogP contribution in [0.1, 0.15) is 32.6 Å². The maximum absolute atomic E-state index is 10.2. The van der Waals surface area contributed by atoms with Crippen molar-refractivity contribution in [3.05, 3.63) is 0 Å². The van der Waals surface area contributed by atoms with Crippen LogP contribution in [0, 0.1) is 0 Å². The minimum Gasteiger partial charge on any atom is -0.393 e. The van der Waals surface area contributed by atoms with Crippen LogP contribution < -0.4 is 5.73 Å². The normalized spacial score (nSPS) is 13.0. The van der Waals surface area contributed by atoms with Gasteiger partial charge in [-0.05, 0) is 19.3 Å². The number of aliphatic hydroxyl groups excluding tert-OH is 1. The van der Waals surface area contributed by atoms with E-state index in [1.807, 2.05) is 6.92 Å². The third-order valence-electron chi connectivity index (χ3n) is 1.43. The van der Waals surface area contributed by atoms with Crippen LogP contribution in [0.3, 0.4) is 0 Å². The molecule has 0 heterocycles. The van der Waals surface area contributed by atoms with Gasteiger partial charge < -0.3 is 10.8 Å². The molecule has 0 bridgehead atoms. The quantitative estimate of drug-likeness (QED) is 0.588. The predicted octanol–water partition coefficient (Wildman–Crippen LogP) is 0.413. The second kappa shape index (κ2) is 5.23. The summed E-state index contributed by atoms with van der Waals surface area (Å²) in [6, 6.07) is 0. The van der Waals surface area contributed by atoms with Crippen molar-refractivity contribution in [2.75, 3.05) is 0 Å². The van der Waals surface area contributed by atoms with Crippen molar-refractivity contribution >= 4 is 5.91 Å². The summed E-state index contributed by atoms with van der Waals surface area (Å²) < 4.78 is 0. The molecular formula is C7H15NO2. The molecule has 0 aromatic carbocycles. The lowest BCUT2D eigenvalue weighted by molar-refractivity contribution is -0.118. The van der Waals surface area contributed by atoms with Gasteiger partial charge in [-0.25, -0.2) is 0 Å². The highest BCUT2D eigenvalue weighted by Gasteiger charge is 2.00. The Morgan fingerprint density at radius 2 is 2.30 bits per heavy atom. The maximum atomic E-state index is 10.2. The van der Waals surface area contributed by atoms with Crippen LogP contribution in [0.4, 0.5) is 0 Å². The van der Waals surface area contributed by atoms with Gasteiger partial charge in [0.25, 0.3) is 0 Å². The summed E-state index contributed by atoms with van der Waals surface area (Å²) in [4.78, 5) is 10.2. The first-order valence-electron chi connectivity index (χ1n) is 3.63. The van der Waals surface area contributed by atoms with E-state index in [0.29, 0.717) is 19.3 Å². The lowest BCUT2D eigenvalue weighted by atomic mass is 10.1. The SMILES string of the molecule is CCC(O)CCCC(N)=O. The second-order valence-electron chi connectivity index (χ2n) is 2.42. The lowest BCUT2D eigenvalue weighted by Gasteiger charge is -2.04. The van der Waals surface area contributed by atoms with E-state index in [9.17, 15) is 4.79 Å².